The summed E-state index contributed by atoms with van der Waals surface area (Å²) in [6.45, 7) is 3.85. The second kappa shape index (κ2) is 4.46. The Morgan fingerprint density at radius 1 is 0.833 bits per heavy atom. The fraction of sp³-hybridized carbons (Fsp3) is 0.143. The molecule has 2 aromatic rings. The molecule has 0 atom stereocenters. The third-order valence-corrected chi connectivity index (χ3v) is 4.75. The standard InChI is InChI=1S/C14H15NO2S/c1-10-3-6-14(9-11(10)2)18(16,17)13-7-4-12(15)5-8-13/h3-9H,15H2,1-2H3. The maximum absolute atomic E-state index is 12.4. The Kier molecular flexibility index (Phi) is 3.13. The van der Waals surface area contributed by atoms with E-state index in [0.717, 1.165) is 11.1 Å². The van der Waals surface area contributed by atoms with Gasteiger partial charge in [-0.1, -0.05) is 6.07 Å². The van der Waals surface area contributed by atoms with Crippen LogP contribution in [0, 0.1) is 13.8 Å². The highest BCUT2D eigenvalue weighted by atomic mass is 32.2. The molecule has 2 rings (SSSR count). The van der Waals surface area contributed by atoms with Gasteiger partial charge in [-0.3, -0.25) is 0 Å². The van der Waals surface area contributed by atoms with Gasteiger partial charge in [0.15, 0.2) is 0 Å². The lowest BCUT2D eigenvalue weighted by Gasteiger charge is -2.07. The van der Waals surface area contributed by atoms with E-state index in [2.05, 4.69) is 0 Å². The van der Waals surface area contributed by atoms with Crippen LogP contribution in [-0.4, -0.2) is 8.42 Å². The molecule has 0 saturated carbocycles. The summed E-state index contributed by atoms with van der Waals surface area (Å²) >= 11 is 0. The van der Waals surface area contributed by atoms with E-state index >= 15 is 0 Å². The molecule has 0 bridgehead atoms. The van der Waals surface area contributed by atoms with Crippen LogP contribution in [0.25, 0.3) is 0 Å². The molecule has 0 aliphatic carbocycles. The number of nitrogen functional groups attached to an aromatic ring is 1. The van der Waals surface area contributed by atoms with Gasteiger partial charge in [0.1, 0.15) is 0 Å². The molecule has 0 unspecified atom stereocenters. The number of anilines is 1. The summed E-state index contributed by atoms with van der Waals surface area (Å²) in [5, 5.41) is 0. The first-order chi connectivity index (χ1) is 8.41. The summed E-state index contributed by atoms with van der Waals surface area (Å²) < 4.78 is 24.7. The van der Waals surface area contributed by atoms with Gasteiger partial charge in [0.05, 0.1) is 9.79 Å². The van der Waals surface area contributed by atoms with E-state index < -0.39 is 9.84 Å². The van der Waals surface area contributed by atoms with Crippen LogP contribution >= 0.6 is 0 Å². The van der Waals surface area contributed by atoms with Gasteiger partial charge in [-0.15, -0.1) is 0 Å². The quantitative estimate of drug-likeness (QED) is 0.845. The van der Waals surface area contributed by atoms with E-state index in [9.17, 15) is 8.42 Å². The Bertz CT molecular complexity index is 673. The van der Waals surface area contributed by atoms with Crippen molar-refractivity contribution in [2.45, 2.75) is 23.6 Å². The minimum Gasteiger partial charge on any atom is -0.399 e. The number of rotatable bonds is 2. The summed E-state index contributed by atoms with van der Waals surface area (Å²) in [5.74, 6) is 0. The topological polar surface area (TPSA) is 60.2 Å². The normalized spacial score (nSPS) is 11.4. The lowest BCUT2D eigenvalue weighted by molar-refractivity contribution is 0.596. The average molecular weight is 261 g/mol. The van der Waals surface area contributed by atoms with E-state index in [4.69, 9.17) is 5.73 Å². The van der Waals surface area contributed by atoms with Crippen molar-refractivity contribution in [1.29, 1.82) is 0 Å². The smallest absolute Gasteiger partial charge is 0.206 e. The van der Waals surface area contributed by atoms with Crippen LogP contribution in [0.4, 0.5) is 5.69 Å². The third-order valence-electron chi connectivity index (χ3n) is 2.98. The van der Waals surface area contributed by atoms with E-state index in [-0.39, 0.29) is 4.90 Å². The first-order valence-electron chi connectivity index (χ1n) is 5.59. The molecule has 94 valence electrons. The van der Waals surface area contributed by atoms with Gasteiger partial charge < -0.3 is 5.73 Å². The van der Waals surface area contributed by atoms with Gasteiger partial charge in [-0.2, -0.15) is 0 Å². The lowest BCUT2D eigenvalue weighted by atomic mass is 10.1. The third kappa shape index (κ3) is 2.24. The number of aryl methyl sites for hydroxylation is 2. The molecule has 2 aromatic carbocycles. The van der Waals surface area contributed by atoms with Gasteiger partial charge in [0.25, 0.3) is 0 Å². The van der Waals surface area contributed by atoms with Gasteiger partial charge >= 0.3 is 0 Å². The molecular formula is C14H15NO2S. The molecule has 0 aliphatic rings. The molecular weight excluding hydrogens is 246 g/mol. The zero-order chi connectivity index (χ0) is 13.3. The Labute approximate surface area is 107 Å². The summed E-state index contributed by atoms with van der Waals surface area (Å²) in [5.41, 5.74) is 8.15. The Morgan fingerprint density at radius 3 is 1.94 bits per heavy atom. The van der Waals surface area contributed by atoms with Crippen LogP contribution in [0.5, 0.6) is 0 Å². The fourth-order valence-corrected chi connectivity index (χ4v) is 3.01. The van der Waals surface area contributed by atoms with Crippen molar-refractivity contribution in [3.05, 3.63) is 53.6 Å². The Balaban J connectivity index is 2.54. The predicted molar refractivity (Wildman–Crippen MR) is 72.2 cm³/mol. The minimum atomic E-state index is -3.45. The first kappa shape index (κ1) is 12.6. The molecule has 2 N–H and O–H groups in total. The zero-order valence-electron chi connectivity index (χ0n) is 10.3. The monoisotopic (exact) mass is 261 g/mol. The van der Waals surface area contributed by atoms with Gasteiger partial charge in [-0.05, 0) is 61.4 Å². The lowest BCUT2D eigenvalue weighted by Crippen LogP contribution is -2.03. The first-order valence-corrected chi connectivity index (χ1v) is 7.07. The highest BCUT2D eigenvalue weighted by molar-refractivity contribution is 7.91. The number of nitrogens with two attached hydrogens (primary N) is 1. The molecule has 0 aromatic heterocycles. The van der Waals surface area contributed by atoms with E-state index in [0.29, 0.717) is 10.6 Å². The zero-order valence-corrected chi connectivity index (χ0v) is 11.2. The Hall–Kier alpha value is -1.81. The summed E-state index contributed by atoms with van der Waals surface area (Å²) in [6.07, 6.45) is 0. The molecule has 4 heteroatoms. The molecule has 0 spiro atoms. The molecule has 0 fully saturated rings. The molecule has 3 nitrogen and oxygen atoms in total. The van der Waals surface area contributed by atoms with Crippen molar-refractivity contribution < 1.29 is 8.42 Å². The van der Waals surface area contributed by atoms with Crippen LogP contribution in [0.3, 0.4) is 0 Å². The van der Waals surface area contributed by atoms with Crippen LogP contribution < -0.4 is 5.73 Å². The van der Waals surface area contributed by atoms with E-state index in [1.54, 1.807) is 24.3 Å². The van der Waals surface area contributed by atoms with Gasteiger partial charge in [0, 0.05) is 5.69 Å². The number of hydrogen-bond acceptors (Lipinski definition) is 3. The van der Waals surface area contributed by atoms with Crippen molar-refractivity contribution in [3.8, 4) is 0 Å². The van der Waals surface area contributed by atoms with Crippen LogP contribution in [0.1, 0.15) is 11.1 Å². The minimum absolute atomic E-state index is 0.264. The predicted octanol–water partition coefficient (Wildman–Crippen LogP) is 2.72. The molecule has 0 aliphatic heterocycles. The van der Waals surface area contributed by atoms with Crippen molar-refractivity contribution in [2.24, 2.45) is 0 Å². The SMILES string of the molecule is Cc1ccc(S(=O)(=O)c2ccc(N)cc2)cc1C. The molecule has 18 heavy (non-hydrogen) atoms. The summed E-state index contributed by atoms with van der Waals surface area (Å²) in [6, 6.07) is 11.4. The highest BCUT2D eigenvalue weighted by Gasteiger charge is 2.17. The second-order valence-corrected chi connectivity index (χ2v) is 6.27. The van der Waals surface area contributed by atoms with Crippen molar-refractivity contribution >= 4 is 15.5 Å². The van der Waals surface area contributed by atoms with Crippen molar-refractivity contribution in [1.82, 2.24) is 0 Å². The fourth-order valence-electron chi connectivity index (χ4n) is 1.66. The van der Waals surface area contributed by atoms with Gasteiger partial charge in [-0.25, -0.2) is 8.42 Å². The van der Waals surface area contributed by atoms with E-state index in [1.165, 1.54) is 12.1 Å². The van der Waals surface area contributed by atoms with Gasteiger partial charge in [0.2, 0.25) is 9.84 Å². The average Bonchev–Trinajstić information content (AvgIpc) is 2.33. The summed E-state index contributed by atoms with van der Waals surface area (Å²) in [7, 11) is -3.45. The number of benzene rings is 2. The van der Waals surface area contributed by atoms with Crippen LogP contribution in [-0.2, 0) is 9.84 Å². The Morgan fingerprint density at radius 2 is 1.39 bits per heavy atom. The maximum atomic E-state index is 12.4. The van der Waals surface area contributed by atoms with Crippen molar-refractivity contribution in [3.63, 3.8) is 0 Å². The van der Waals surface area contributed by atoms with Crippen LogP contribution in [0.2, 0.25) is 0 Å². The highest BCUT2D eigenvalue weighted by Crippen LogP contribution is 2.23. The second-order valence-electron chi connectivity index (χ2n) is 4.32. The van der Waals surface area contributed by atoms with Crippen LogP contribution in [0.15, 0.2) is 52.3 Å². The maximum Gasteiger partial charge on any atom is 0.206 e. The largest absolute Gasteiger partial charge is 0.399 e. The molecule has 0 radical (unpaired) electrons. The molecule has 0 heterocycles. The van der Waals surface area contributed by atoms with Crippen molar-refractivity contribution in [2.75, 3.05) is 5.73 Å². The number of sulfone groups is 1. The summed E-state index contributed by atoms with van der Waals surface area (Å²) in [4.78, 5) is 0.579. The molecule has 0 saturated heterocycles. The molecule has 0 amide bonds. The van der Waals surface area contributed by atoms with E-state index in [1.807, 2.05) is 19.9 Å². The number of hydrogen-bond donors (Lipinski definition) is 1.